The summed E-state index contributed by atoms with van der Waals surface area (Å²) in [5.74, 6) is 2.14. The molecule has 1 N–H and O–H groups in total. The number of carbonyl (C=O) groups excluding carboxylic acids is 1. The van der Waals surface area contributed by atoms with Crippen molar-refractivity contribution >= 4 is 5.91 Å². The fraction of sp³-hybridized carbons (Fsp3) is 0.174. The summed E-state index contributed by atoms with van der Waals surface area (Å²) in [4.78, 5) is 16.8. The Kier molecular flexibility index (Phi) is 4.87. The Morgan fingerprint density at radius 2 is 1.94 bits per heavy atom. The second-order valence-electron chi connectivity index (χ2n) is 7.20. The van der Waals surface area contributed by atoms with Crippen molar-refractivity contribution in [3.63, 3.8) is 0 Å². The van der Waals surface area contributed by atoms with Gasteiger partial charge in [0.25, 0.3) is 11.8 Å². The molecule has 31 heavy (non-hydrogen) atoms. The fourth-order valence-corrected chi connectivity index (χ4v) is 3.38. The summed E-state index contributed by atoms with van der Waals surface area (Å²) in [6.07, 6.45) is 1.91. The fourth-order valence-electron chi connectivity index (χ4n) is 3.38. The van der Waals surface area contributed by atoms with Gasteiger partial charge in [-0.1, -0.05) is 22.9 Å². The van der Waals surface area contributed by atoms with Gasteiger partial charge < -0.3 is 23.9 Å². The van der Waals surface area contributed by atoms with Gasteiger partial charge in [-0.3, -0.25) is 4.79 Å². The van der Waals surface area contributed by atoms with E-state index in [1.165, 1.54) is 0 Å². The van der Waals surface area contributed by atoms with Crippen LogP contribution in [0.1, 0.15) is 15.9 Å². The molecule has 1 aliphatic heterocycles. The minimum atomic E-state index is -0.100. The van der Waals surface area contributed by atoms with Crippen LogP contribution in [0.5, 0.6) is 11.5 Å². The van der Waals surface area contributed by atoms with E-state index < -0.39 is 0 Å². The average molecular weight is 416 g/mol. The quantitative estimate of drug-likeness (QED) is 0.516. The van der Waals surface area contributed by atoms with Gasteiger partial charge in [0.1, 0.15) is 5.69 Å². The smallest absolute Gasteiger partial charge is 0.274 e. The number of carbonyl (C=O) groups is 1. The summed E-state index contributed by atoms with van der Waals surface area (Å²) in [7, 11) is 0. The van der Waals surface area contributed by atoms with Crippen molar-refractivity contribution < 1.29 is 18.8 Å². The van der Waals surface area contributed by atoms with Crippen LogP contribution in [0.4, 0.5) is 0 Å². The minimum absolute atomic E-state index is 0.100. The Morgan fingerprint density at radius 1 is 1.10 bits per heavy atom. The van der Waals surface area contributed by atoms with Gasteiger partial charge in [-0.2, -0.15) is 4.98 Å². The van der Waals surface area contributed by atoms with Gasteiger partial charge in [0, 0.05) is 30.4 Å². The molecule has 0 saturated heterocycles. The second kappa shape index (κ2) is 7.98. The molecule has 4 aromatic rings. The summed E-state index contributed by atoms with van der Waals surface area (Å²) in [5.41, 5.74) is 3.32. The number of rotatable bonds is 6. The molecule has 0 aliphatic carbocycles. The van der Waals surface area contributed by atoms with Gasteiger partial charge in [-0.25, -0.2) is 0 Å². The summed E-state index contributed by atoms with van der Waals surface area (Å²) >= 11 is 0. The van der Waals surface area contributed by atoms with Crippen LogP contribution in [0, 0.1) is 6.92 Å². The predicted molar refractivity (Wildman–Crippen MR) is 113 cm³/mol. The third-order valence-corrected chi connectivity index (χ3v) is 5.06. The number of nitrogens with zero attached hydrogens (tertiary/aromatic N) is 3. The standard InChI is InChI=1S/C23H20N4O4/c1-15-4-6-16(7-5-15)22(28)24-10-12-27-11-2-3-18(27)23-25-21(26-31-23)17-8-9-19-20(13-17)30-14-29-19/h2-9,11,13H,10,12,14H2,1H3,(H,24,28). The van der Waals surface area contributed by atoms with Crippen molar-refractivity contribution in [1.82, 2.24) is 20.0 Å². The molecule has 3 heterocycles. The minimum Gasteiger partial charge on any atom is -0.454 e. The van der Waals surface area contributed by atoms with Crippen LogP contribution >= 0.6 is 0 Å². The molecule has 0 bridgehead atoms. The molecular formula is C23H20N4O4. The Bertz CT molecular complexity index is 1230. The number of nitrogens with one attached hydrogen (secondary N) is 1. The average Bonchev–Trinajstić information content (AvgIpc) is 3.53. The maximum atomic E-state index is 12.3. The van der Waals surface area contributed by atoms with E-state index in [0.717, 1.165) is 16.8 Å². The van der Waals surface area contributed by atoms with E-state index in [2.05, 4.69) is 15.5 Å². The van der Waals surface area contributed by atoms with E-state index in [1.54, 1.807) is 0 Å². The number of hydrogen-bond donors (Lipinski definition) is 1. The Hall–Kier alpha value is -4.07. The maximum absolute atomic E-state index is 12.3. The molecule has 1 amide bonds. The summed E-state index contributed by atoms with van der Waals surface area (Å²) < 4.78 is 18.2. The molecule has 156 valence electrons. The molecule has 5 rings (SSSR count). The van der Waals surface area contributed by atoms with Crippen molar-refractivity contribution in [2.75, 3.05) is 13.3 Å². The van der Waals surface area contributed by atoms with Crippen LogP contribution in [0.15, 0.2) is 65.3 Å². The number of ether oxygens (including phenoxy) is 2. The highest BCUT2D eigenvalue weighted by Gasteiger charge is 2.18. The van der Waals surface area contributed by atoms with Crippen LogP contribution in [-0.2, 0) is 6.54 Å². The van der Waals surface area contributed by atoms with Gasteiger partial charge in [-0.15, -0.1) is 0 Å². The zero-order chi connectivity index (χ0) is 21.2. The van der Waals surface area contributed by atoms with Crippen molar-refractivity contribution in [2.24, 2.45) is 0 Å². The lowest BCUT2D eigenvalue weighted by molar-refractivity contribution is 0.0952. The van der Waals surface area contributed by atoms with Gasteiger partial charge in [0.15, 0.2) is 11.5 Å². The van der Waals surface area contributed by atoms with Crippen LogP contribution in [0.2, 0.25) is 0 Å². The van der Waals surface area contributed by atoms with Crippen LogP contribution in [-0.4, -0.2) is 34.0 Å². The van der Waals surface area contributed by atoms with E-state index in [9.17, 15) is 4.79 Å². The molecule has 0 atom stereocenters. The molecule has 0 fully saturated rings. The predicted octanol–water partition coefficient (Wildman–Crippen LogP) is 3.67. The van der Waals surface area contributed by atoms with Crippen molar-refractivity contribution in [1.29, 1.82) is 0 Å². The van der Waals surface area contributed by atoms with Gasteiger partial charge in [0.05, 0.1) is 0 Å². The Balaban J connectivity index is 1.26. The highest BCUT2D eigenvalue weighted by molar-refractivity contribution is 5.94. The number of benzene rings is 2. The van der Waals surface area contributed by atoms with Crippen molar-refractivity contribution in [2.45, 2.75) is 13.5 Å². The number of fused-ring (bicyclic) bond motifs is 1. The number of amides is 1. The molecule has 0 spiro atoms. The molecule has 0 unspecified atom stereocenters. The van der Waals surface area contributed by atoms with Crippen LogP contribution in [0.3, 0.4) is 0 Å². The molecule has 0 saturated carbocycles. The zero-order valence-corrected chi connectivity index (χ0v) is 16.9. The number of hydrogen-bond acceptors (Lipinski definition) is 6. The Morgan fingerprint density at radius 3 is 2.81 bits per heavy atom. The molecule has 2 aromatic carbocycles. The van der Waals surface area contributed by atoms with E-state index in [4.69, 9.17) is 14.0 Å². The molecule has 1 aliphatic rings. The molecule has 8 heteroatoms. The van der Waals surface area contributed by atoms with E-state index in [1.807, 2.05) is 72.3 Å². The van der Waals surface area contributed by atoms with Gasteiger partial charge in [0.2, 0.25) is 12.6 Å². The van der Waals surface area contributed by atoms with E-state index in [0.29, 0.717) is 41.9 Å². The first-order chi connectivity index (χ1) is 15.2. The maximum Gasteiger partial charge on any atom is 0.274 e. The second-order valence-corrected chi connectivity index (χ2v) is 7.20. The first-order valence-corrected chi connectivity index (χ1v) is 9.91. The molecular weight excluding hydrogens is 396 g/mol. The lowest BCUT2D eigenvalue weighted by Crippen LogP contribution is -2.27. The third-order valence-electron chi connectivity index (χ3n) is 5.06. The number of aryl methyl sites for hydroxylation is 1. The molecule has 8 nitrogen and oxygen atoms in total. The third kappa shape index (κ3) is 3.87. The lowest BCUT2D eigenvalue weighted by Gasteiger charge is -2.08. The summed E-state index contributed by atoms with van der Waals surface area (Å²) in [6.45, 7) is 3.24. The highest BCUT2D eigenvalue weighted by atomic mass is 16.7. The number of aromatic nitrogens is 3. The summed E-state index contributed by atoms with van der Waals surface area (Å²) in [5, 5.41) is 7.04. The van der Waals surface area contributed by atoms with Crippen molar-refractivity contribution in [3.8, 4) is 34.5 Å². The zero-order valence-electron chi connectivity index (χ0n) is 16.9. The highest BCUT2D eigenvalue weighted by Crippen LogP contribution is 2.35. The van der Waals surface area contributed by atoms with E-state index in [-0.39, 0.29) is 12.7 Å². The molecule has 0 radical (unpaired) electrons. The topological polar surface area (TPSA) is 91.4 Å². The van der Waals surface area contributed by atoms with E-state index >= 15 is 0 Å². The van der Waals surface area contributed by atoms with Gasteiger partial charge in [-0.05, 0) is 49.4 Å². The monoisotopic (exact) mass is 416 g/mol. The SMILES string of the molecule is Cc1ccc(C(=O)NCCn2cccc2-c2nc(-c3ccc4c(c3)OCO4)no2)cc1. The largest absolute Gasteiger partial charge is 0.454 e. The normalized spacial score (nSPS) is 12.2. The van der Waals surface area contributed by atoms with Crippen LogP contribution < -0.4 is 14.8 Å². The lowest BCUT2D eigenvalue weighted by atomic mass is 10.1. The summed E-state index contributed by atoms with van der Waals surface area (Å²) in [6, 6.07) is 16.8. The first-order valence-electron chi connectivity index (χ1n) is 9.91. The van der Waals surface area contributed by atoms with Crippen molar-refractivity contribution in [3.05, 3.63) is 71.9 Å². The van der Waals surface area contributed by atoms with Gasteiger partial charge >= 0.3 is 0 Å². The Labute approximate surface area is 178 Å². The van der Waals surface area contributed by atoms with Crippen LogP contribution in [0.25, 0.3) is 23.0 Å². The molecule has 2 aromatic heterocycles. The first kappa shape index (κ1) is 18.9.